The molecule has 0 aliphatic heterocycles. The van der Waals surface area contributed by atoms with Crippen molar-refractivity contribution in [3.8, 4) is 0 Å². The van der Waals surface area contributed by atoms with E-state index >= 15 is 0 Å². The Kier molecular flexibility index (Phi) is 10.7. The van der Waals surface area contributed by atoms with Crippen LogP contribution in [0.2, 0.25) is 0 Å². The van der Waals surface area contributed by atoms with Crippen molar-refractivity contribution < 1.29 is 22.6 Å². The molecular formula is C4H11MgNO5S. The molecule has 0 heterocycles. The predicted octanol–water partition coefficient (Wildman–Crippen LogP) is -2.00. The maximum absolute atomic E-state index is 8.52. The first-order chi connectivity index (χ1) is 4.56. The number of hydrogen-bond donors (Lipinski definition) is 2. The van der Waals surface area contributed by atoms with Gasteiger partial charge in [0.15, 0.2) is 0 Å². The first-order valence-electron chi connectivity index (χ1n) is 2.63. The second-order valence-corrected chi connectivity index (χ2v) is 3.37. The largest absolute Gasteiger partial charge is 2.00 e. The van der Waals surface area contributed by atoms with Crippen LogP contribution >= 0.6 is 0 Å². The summed E-state index contributed by atoms with van der Waals surface area (Å²) < 4.78 is 34.1. The van der Waals surface area contributed by atoms with E-state index in [1.807, 2.05) is 0 Å². The molecule has 0 fully saturated rings. The van der Waals surface area contributed by atoms with E-state index in [1.54, 1.807) is 13.8 Å². The molecular weight excluding hydrogens is 198 g/mol. The van der Waals surface area contributed by atoms with Crippen LogP contribution in [0.25, 0.3) is 0 Å². The van der Waals surface area contributed by atoms with Gasteiger partial charge in [-0.1, -0.05) is 0 Å². The van der Waals surface area contributed by atoms with Crippen molar-refractivity contribution in [1.29, 1.82) is 0 Å². The van der Waals surface area contributed by atoms with E-state index < -0.39 is 15.9 Å². The molecule has 12 heavy (non-hydrogen) atoms. The van der Waals surface area contributed by atoms with Crippen molar-refractivity contribution in [2.45, 2.75) is 19.4 Å². The quantitative estimate of drug-likeness (QED) is 0.292. The third-order valence-corrected chi connectivity index (χ3v) is 0.408. The van der Waals surface area contributed by atoms with Gasteiger partial charge in [0.1, 0.15) is 0 Å². The zero-order valence-electron chi connectivity index (χ0n) is 6.98. The second-order valence-electron chi connectivity index (χ2n) is 2.55. The molecule has 0 bridgehead atoms. The van der Waals surface area contributed by atoms with Crippen LogP contribution in [0.15, 0.2) is 0 Å². The van der Waals surface area contributed by atoms with Gasteiger partial charge in [-0.25, -0.2) is 0 Å². The average Bonchev–Trinajstić information content (AvgIpc) is 1.59. The van der Waals surface area contributed by atoms with Crippen molar-refractivity contribution in [3.05, 3.63) is 0 Å². The summed E-state index contributed by atoms with van der Waals surface area (Å²) in [5.41, 5.74) is 4.88. The van der Waals surface area contributed by atoms with Crippen molar-refractivity contribution in [1.82, 2.24) is 0 Å². The van der Waals surface area contributed by atoms with E-state index in [2.05, 4.69) is 0 Å². The fourth-order valence-electron chi connectivity index (χ4n) is 0. The molecule has 0 rings (SSSR count). The van der Waals surface area contributed by atoms with Crippen LogP contribution in [-0.2, 0) is 10.4 Å². The van der Waals surface area contributed by atoms with Gasteiger partial charge in [-0.3, -0.25) is 8.42 Å². The van der Waals surface area contributed by atoms with Crippen molar-refractivity contribution in [3.63, 3.8) is 0 Å². The third-order valence-electron chi connectivity index (χ3n) is 0.408. The first-order valence-corrected chi connectivity index (χ1v) is 3.96. The van der Waals surface area contributed by atoms with Crippen LogP contribution < -0.4 is 5.73 Å². The van der Waals surface area contributed by atoms with Crippen molar-refractivity contribution in [2.75, 3.05) is 6.61 Å². The Balaban J connectivity index is -0.000000126. The fourth-order valence-corrected chi connectivity index (χ4v) is 0. The summed E-state index contributed by atoms with van der Waals surface area (Å²) in [5, 5.41) is 8.28. The Bertz CT molecular complexity index is 176. The van der Waals surface area contributed by atoms with E-state index in [9.17, 15) is 0 Å². The summed E-state index contributed by atoms with van der Waals surface area (Å²) in [6.07, 6.45) is 0. The van der Waals surface area contributed by atoms with Crippen LogP contribution in [0, 0.1) is 0 Å². The molecule has 3 N–H and O–H groups in total. The zero-order valence-corrected chi connectivity index (χ0v) is 9.21. The summed E-state index contributed by atoms with van der Waals surface area (Å²) in [4.78, 5) is 0. The SMILES string of the molecule is CC(C)(N)CO.O=S(=O)([O-])[O-].[Mg+2]. The second kappa shape index (κ2) is 7.01. The normalized spacial score (nSPS) is 10.8. The maximum atomic E-state index is 8.52. The summed E-state index contributed by atoms with van der Waals surface area (Å²) in [6.45, 7) is 3.59. The van der Waals surface area contributed by atoms with Crippen LogP contribution in [0.4, 0.5) is 0 Å². The smallest absolute Gasteiger partial charge is 0.759 e. The van der Waals surface area contributed by atoms with Gasteiger partial charge in [0.25, 0.3) is 0 Å². The molecule has 0 radical (unpaired) electrons. The van der Waals surface area contributed by atoms with Gasteiger partial charge in [-0.2, -0.15) is 0 Å². The van der Waals surface area contributed by atoms with Gasteiger partial charge in [-0.15, -0.1) is 0 Å². The molecule has 0 aliphatic rings. The minimum absolute atomic E-state index is 0. The monoisotopic (exact) mass is 209 g/mol. The Morgan fingerprint density at radius 2 is 1.50 bits per heavy atom. The summed E-state index contributed by atoms with van der Waals surface area (Å²) in [5.74, 6) is 0. The Labute approximate surface area is 87.9 Å². The van der Waals surface area contributed by atoms with Gasteiger partial charge in [-0.05, 0) is 13.8 Å². The van der Waals surface area contributed by atoms with Gasteiger partial charge in [0.2, 0.25) is 0 Å². The van der Waals surface area contributed by atoms with Crippen LogP contribution in [0.5, 0.6) is 0 Å². The predicted molar refractivity (Wildman–Crippen MR) is 41.6 cm³/mol. The third kappa shape index (κ3) is 76.2. The van der Waals surface area contributed by atoms with E-state index in [1.165, 1.54) is 0 Å². The Morgan fingerprint density at radius 1 is 1.42 bits per heavy atom. The van der Waals surface area contributed by atoms with E-state index in [4.69, 9.17) is 28.4 Å². The fraction of sp³-hybridized carbons (Fsp3) is 1.00. The van der Waals surface area contributed by atoms with Crippen LogP contribution in [-0.4, -0.2) is 57.8 Å². The number of aliphatic hydroxyl groups is 1. The van der Waals surface area contributed by atoms with Gasteiger partial charge < -0.3 is 19.9 Å². The molecule has 0 aromatic rings. The molecule has 0 spiro atoms. The minimum Gasteiger partial charge on any atom is -0.759 e. The summed E-state index contributed by atoms with van der Waals surface area (Å²) in [7, 11) is -5.17. The number of aliphatic hydroxyl groups excluding tert-OH is 1. The van der Waals surface area contributed by atoms with E-state index in [0.29, 0.717) is 0 Å². The molecule has 0 aromatic heterocycles. The van der Waals surface area contributed by atoms with Crippen LogP contribution in [0.3, 0.4) is 0 Å². The Hall–Kier alpha value is 0.556. The zero-order chi connectivity index (χ0) is 9.71. The first kappa shape index (κ1) is 18.4. The molecule has 0 amide bonds. The number of rotatable bonds is 1. The van der Waals surface area contributed by atoms with Crippen molar-refractivity contribution >= 4 is 33.5 Å². The van der Waals surface area contributed by atoms with Gasteiger partial charge in [0, 0.05) is 15.9 Å². The van der Waals surface area contributed by atoms with Gasteiger partial charge >= 0.3 is 23.1 Å². The molecule has 70 valence electrons. The number of nitrogens with two attached hydrogens (primary N) is 1. The molecule has 0 saturated heterocycles. The van der Waals surface area contributed by atoms with Crippen LogP contribution in [0.1, 0.15) is 13.8 Å². The maximum Gasteiger partial charge on any atom is 2.00 e. The molecule has 0 atom stereocenters. The molecule has 0 aliphatic carbocycles. The summed E-state index contributed by atoms with van der Waals surface area (Å²) in [6, 6.07) is 0. The molecule has 8 heteroatoms. The Morgan fingerprint density at radius 3 is 1.50 bits per heavy atom. The minimum atomic E-state index is -5.17. The molecule has 0 aromatic carbocycles. The molecule has 0 saturated carbocycles. The van der Waals surface area contributed by atoms with E-state index in [0.717, 1.165) is 0 Å². The van der Waals surface area contributed by atoms with E-state index in [-0.39, 0.29) is 29.7 Å². The molecule has 0 unspecified atom stereocenters. The van der Waals surface area contributed by atoms with Crippen molar-refractivity contribution in [2.24, 2.45) is 5.73 Å². The standard InChI is InChI=1S/C4H11NO.Mg.H2O4S/c1-4(2,5)3-6;;1-5(2,3)4/h6H,3,5H2,1-2H3;;(H2,1,2,3,4)/q;+2;/p-2. The number of hydrogen-bond acceptors (Lipinski definition) is 6. The van der Waals surface area contributed by atoms with Gasteiger partial charge in [0.05, 0.1) is 6.61 Å². The average molecular weight is 210 g/mol. The molecule has 6 nitrogen and oxygen atoms in total. The summed E-state index contributed by atoms with van der Waals surface area (Å²) >= 11 is 0. The topological polar surface area (TPSA) is 127 Å².